The topological polar surface area (TPSA) is 32.3 Å². The lowest BCUT2D eigenvalue weighted by atomic mass is 10.1. The van der Waals surface area contributed by atoms with Crippen LogP contribution in [0.15, 0.2) is 18.2 Å². The lowest BCUT2D eigenvalue weighted by molar-refractivity contribution is 0.230. The average Bonchev–Trinajstić information content (AvgIpc) is 2.29. The zero-order chi connectivity index (χ0) is 12.1. The SMILES string of the molecule is CC(CO)CNC(C)c1cccc(F)c1F. The van der Waals surface area contributed by atoms with Gasteiger partial charge >= 0.3 is 0 Å². The van der Waals surface area contributed by atoms with E-state index in [1.165, 1.54) is 6.07 Å². The maximum absolute atomic E-state index is 13.4. The van der Waals surface area contributed by atoms with Crippen LogP contribution in [0.3, 0.4) is 0 Å². The Kier molecular flexibility index (Phi) is 4.83. The van der Waals surface area contributed by atoms with Crippen LogP contribution in [0, 0.1) is 17.6 Å². The number of rotatable bonds is 5. The second-order valence-electron chi connectivity index (χ2n) is 4.06. The van der Waals surface area contributed by atoms with Gasteiger partial charge in [0.15, 0.2) is 11.6 Å². The highest BCUT2D eigenvalue weighted by molar-refractivity contribution is 5.21. The molecule has 0 aliphatic heterocycles. The molecule has 0 saturated heterocycles. The van der Waals surface area contributed by atoms with E-state index >= 15 is 0 Å². The number of nitrogens with one attached hydrogen (secondary N) is 1. The van der Waals surface area contributed by atoms with Gasteiger partial charge in [-0.15, -0.1) is 0 Å². The van der Waals surface area contributed by atoms with Crippen LogP contribution in [0.25, 0.3) is 0 Å². The van der Waals surface area contributed by atoms with Gasteiger partial charge in [0.2, 0.25) is 0 Å². The zero-order valence-corrected chi connectivity index (χ0v) is 9.50. The molecule has 1 rings (SSSR count). The highest BCUT2D eigenvalue weighted by Gasteiger charge is 2.14. The van der Waals surface area contributed by atoms with Crippen LogP contribution in [0.2, 0.25) is 0 Å². The molecule has 1 aromatic rings. The van der Waals surface area contributed by atoms with Crippen molar-refractivity contribution in [2.45, 2.75) is 19.9 Å². The molecule has 2 atom stereocenters. The smallest absolute Gasteiger partial charge is 0.163 e. The van der Waals surface area contributed by atoms with Gasteiger partial charge in [-0.2, -0.15) is 0 Å². The van der Waals surface area contributed by atoms with Crippen LogP contribution >= 0.6 is 0 Å². The molecule has 90 valence electrons. The molecule has 1 aromatic carbocycles. The van der Waals surface area contributed by atoms with Crippen molar-refractivity contribution in [3.05, 3.63) is 35.4 Å². The minimum atomic E-state index is -0.832. The van der Waals surface area contributed by atoms with Crippen LogP contribution in [-0.4, -0.2) is 18.3 Å². The molecule has 0 saturated carbocycles. The van der Waals surface area contributed by atoms with Crippen molar-refractivity contribution in [2.24, 2.45) is 5.92 Å². The lowest BCUT2D eigenvalue weighted by Gasteiger charge is -2.17. The van der Waals surface area contributed by atoms with Crippen molar-refractivity contribution < 1.29 is 13.9 Å². The van der Waals surface area contributed by atoms with Gasteiger partial charge in [-0.1, -0.05) is 19.1 Å². The molecule has 0 aliphatic carbocycles. The predicted octanol–water partition coefficient (Wildman–Crippen LogP) is 2.24. The Hall–Kier alpha value is -1.00. The van der Waals surface area contributed by atoms with Crippen LogP contribution < -0.4 is 5.32 Å². The molecule has 0 aliphatic rings. The molecule has 0 radical (unpaired) electrons. The summed E-state index contributed by atoms with van der Waals surface area (Å²) in [6.07, 6.45) is 0. The molecule has 0 spiro atoms. The van der Waals surface area contributed by atoms with E-state index in [1.54, 1.807) is 13.0 Å². The fraction of sp³-hybridized carbons (Fsp3) is 0.500. The molecule has 2 N–H and O–H groups in total. The minimum absolute atomic E-state index is 0.0748. The van der Waals surface area contributed by atoms with E-state index in [-0.39, 0.29) is 18.6 Å². The van der Waals surface area contributed by atoms with E-state index in [2.05, 4.69) is 5.32 Å². The molecular weight excluding hydrogens is 212 g/mol. The van der Waals surface area contributed by atoms with Gasteiger partial charge in [0.05, 0.1) is 0 Å². The number of hydrogen-bond acceptors (Lipinski definition) is 2. The number of benzene rings is 1. The minimum Gasteiger partial charge on any atom is -0.396 e. The summed E-state index contributed by atoms with van der Waals surface area (Å²) >= 11 is 0. The summed E-state index contributed by atoms with van der Waals surface area (Å²) in [5.74, 6) is -1.54. The summed E-state index contributed by atoms with van der Waals surface area (Å²) < 4.78 is 26.4. The van der Waals surface area contributed by atoms with Gasteiger partial charge < -0.3 is 10.4 Å². The standard InChI is InChI=1S/C12H17F2NO/c1-8(7-16)6-15-9(2)10-4-3-5-11(13)12(10)14/h3-5,8-9,15-16H,6-7H2,1-2H3. The Balaban J connectivity index is 2.66. The molecule has 4 heteroatoms. The van der Waals surface area contributed by atoms with Gasteiger partial charge in [-0.05, 0) is 18.9 Å². The molecule has 2 nitrogen and oxygen atoms in total. The molecule has 16 heavy (non-hydrogen) atoms. The van der Waals surface area contributed by atoms with Gasteiger partial charge in [0, 0.05) is 24.8 Å². The number of hydrogen-bond donors (Lipinski definition) is 2. The van der Waals surface area contributed by atoms with Crippen molar-refractivity contribution in [2.75, 3.05) is 13.2 Å². The molecule has 0 fully saturated rings. The van der Waals surface area contributed by atoms with Gasteiger partial charge in [0.25, 0.3) is 0 Å². The molecule has 0 amide bonds. The third kappa shape index (κ3) is 3.25. The van der Waals surface area contributed by atoms with Crippen molar-refractivity contribution >= 4 is 0 Å². The Morgan fingerprint density at radius 1 is 1.31 bits per heavy atom. The number of aliphatic hydroxyl groups excluding tert-OH is 1. The van der Waals surface area contributed by atoms with E-state index < -0.39 is 11.6 Å². The maximum atomic E-state index is 13.4. The third-order valence-corrected chi connectivity index (χ3v) is 2.53. The van der Waals surface area contributed by atoms with Crippen LogP contribution in [-0.2, 0) is 0 Å². The molecular formula is C12H17F2NO. The first-order chi connectivity index (χ1) is 7.56. The van der Waals surface area contributed by atoms with Gasteiger partial charge in [-0.3, -0.25) is 0 Å². The van der Waals surface area contributed by atoms with E-state index in [1.807, 2.05) is 6.92 Å². The summed E-state index contributed by atoms with van der Waals surface area (Å²) in [5, 5.41) is 11.9. The summed E-state index contributed by atoms with van der Waals surface area (Å²) in [6.45, 7) is 4.28. The van der Waals surface area contributed by atoms with E-state index in [9.17, 15) is 8.78 Å². The first-order valence-corrected chi connectivity index (χ1v) is 5.34. The van der Waals surface area contributed by atoms with Crippen molar-refractivity contribution in [1.82, 2.24) is 5.32 Å². The fourth-order valence-electron chi connectivity index (χ4n) is 1.41. The number of halogens is 2. The third-order valence-electron chi connectivity index (χ3n) is 2.53. The first-order valence-electron chi connectivity index (χ1n) is 5.34. The Bertz CT molecular complexity index is 344. The van der Waals surface area contributed by atoms with E-state index in [0.29, 0.717) is 12.1 Å². The van der Waals surface area contributed by atoms with Crippen LogP contribution in [0.1, 0.15) is 25.5 Å². The Labute approximate surface area is 94.3 Å². The van der Waals surface area contributed by atoms with Gasteiger partial charge in [-0.25, -0.2) is 8.78 Å². The quantitative estimate of drug-likeness (QED) is 0.811. The largest absolute Gasteiger partial charge is 0.396 e. The van der Waals surface area contributed by atoms with Crippen molar-refractivity contribution in [3.63, 3.8) is 0 Å². The van der Waals surface area contributed by atoms with Crippen LogP contribution in [0.5, 0.6) is 0 Å². The summed E-state index contributed by atoms with van der Waals surface area (Å²) in [4.78, 5) is 0. The normalized spacial score (nSPS) is 14.8. The second-order valence-corrected chi connectivity index (χ2v) is 4.06. The second kappa shape index (κ2) is 5.92. The van der Waals surface area contributed by atoms with E-state index in [0.717, 1.165) is 6.07 Å². The predicted molar refractivity (Wildman–Crippen MR) is 59.0 cm³/mol. The van der Waals surface area contributed by atoms with E-state index in [4.69, 9.17) is 5.11 Å². The zero-order valence-electron chi connectivity index (χ0n) is 9.50. The molecule has 0 bridgehead atoms. The summed E-state index contributed by atoms with van der Waals surface area (Å²) in [5.41, 5.74) is 0.310. The van der Waals surface area contributed by atoms with Crippen molar-refractivity contribution in [1.29, 1.82) is 0 Å². The first kappa shape index (κ1) is 13.1. The molecule has 2 unspecified atom stereocenters. The summed E-state index contributed by atoms with van der Waals surface area (Å²) in [7, 11) is 0. The van der Waals surface area contributed by atoms with Gasteiger partial charge in [0.1, 0.15) is 0 Å². The average molecular weight is 229 g/mol. The lowest BCUT2D eigenvalue weighted by Crippen LogP contribution is -2.26. The maximum Gasteiger partial charge on any atom is 0.163 e. The number of aliphatic hydroxyl groups is 1. The molecule has 0 heterocycles. The van der Waals surface area contributed by atoms with Crippen LogP contribution in [0.4, 0.5) is 8.78 Å². The molecule has 0 aromatic heterocycles. The highest BCUT2D eigenvalue weighted by Crippen LogP contribution is 2.18. The monoisotopic (exact) mass is 229 g/mol. The Morgan fingerprint density at radius 2 is 2.00 bits per heavy atom. The summed E-state index contributed by atoms with van der Waals surface area (Å²) in [6, 6.07) is 3.87. The Morgan fingerprint density at radius 3 is 2.62 bits per heavy atom. The highest BCUT2D eigenvalue weighted by atomic mass is 19.2. The fourth-order valence-corrected chi connectivity index (χ4v) is 1.41. The van der Waals surface area contributed by atoms with Crippen molar-refractivity contribution in [3.8, 4) is 0 Å².